The Balaban J connectivity index is 1.16. The van der Waals surface area contributed by atoms with Crippen molar-refractivity contribution in [2.45, 2.75) is 183 Å². The first-order chi connectivity index (χ1) is 55.9. The van der Waals surface area contributed by atoms with Gasteiger partial charge in [-0.2, -0.15) is 5.10 Å². The highest BCUT2D eigenvalue weighted by Gasteiger charge is 2.34. The number of anilines is 2. The number of Topliss-reactive ketones (excluding diaryl/α,β-unsaturated/α-hetero) is 1. The number of aryl methyl sites for hydroxylation is 1. The van der Waals surface area contributed by atoms with Gasteiger partial charge in [-0.15, -0.1) is 0 Å². The number of hydrogen-bond acceptors (Lipinski definition) is 24. The van der Waals surface area contributed by atoms with Gasteiger partial charge in [-0.05, 0) is 99.2 Å². The number of carboxylic acids is 10. The van der Waals surface area contributed by atoms with Gasteiger partial charge in [-0.25, -0.2) is 42.7 Å². The van der Waals surface area contributed by atoms with Crippen LogP contribution in [-0.2, 0) is 112 Å². The first kappa shape index (κ1) is 96.9. The SMILES string of the molecule is Cc1ccc(F)c(CC(=O)Nc2ccc(-c3cccc4[nH]nc(NC(=O)CNC(=O)C[C@H](N)C(=O)N[C@@H](CCC(=O)N[C@@H](CCC(=O)N[C@@H](CCC(=O)N[C@@H](CCC(=O)N[C@@H](CCC(=O)N[C@@H](CCC(=O)N[C@@H](CCC(=O)N[C@@H](CCC(=O)CC(C(=O)O)C(=O)O)C(=O)O)C(=O)O)C(=O)O)C(=O)O)C(=O)O)C(=O)O)C(=O)O)C(=O)O)c34)cc2)c1. The molecule has 0 aliphatic carbocycles. The summed E-state index contributed by atoms with van der Waals surface area (Å²) in [5, 5.41) is 127. The highest BCUT2D eigenvalue weighted by atomic mass is 19.1. The van der Waals surface area contributed by atoms with E-state index in [-0.39, 0.29) is 17.8 Å². The van der Waals surface area contributed by atoms with Gasteiger partial charge in [0.15, 0.2) is 11.7 Å². The number of fused-ring (bicyclic) bond motifs is 1. The molecule has 119 heavy (non-hydrogen) atoms. The molecule has 3 aromatic carbocycles. The molecule has 4 aromatic rings. The lowest BCUT2D eigenvalue weighted by molar-refractivity contribution is -0.157. The number of nitrogens with zero attached hydrogens (tertiary/aromatic N) is 1. The fourth-order valence-electron chi connectivity index (χ4n) is 11.1. The van der Waals surface area contributed by atoms with Gasteiger partial charge < -0.3 is 115 Å². The molecule has 46 nitrogen and oxygen atoms in total. The second kappa shape index (κ2) is 47.4. The molecule has 0 saturated heterocycles. The number of aromatic amines is 1. The van der Waals surface area contributed by atoms with Crippen LogP contribution in [0.1, 0.15) is 127 Å². The Kier molecular flexibility index (Phi) is 38.6. The predicted molar refractivity (Wildman–Crippen MR) is 398 cm³/mol. The molecule has 0 aliphatic heterocycles. The molecule has 0 saturated carbocycles. The summed E-state index contributed by atoms with van der Waals surface area (Å²) in [6.45, 7) is 1.11. The average molecular weight is 1680 g/mol. The van der Waals surface area contributed by atoms with Gasteiger partial charge in [-0.1, -0.05) is 42.0 Å². The summed E-state index contributed by atoms with van der Waals surface area (Å²) in [5.41, 5.74) is 9.06. The largest absolute Gasteiger partial charge is 0.481 e. The van der Waals surface area contributed by atoms with Crippen molar-refractivity contribution < 1.29 is 161 Å². The van der Waals surface area contributed by atoms with Gasteiger partial charge >= 0.3 is 59.7 Å². The van der Waals surface area contributed by atoms with Crippen LogP contribution in [0, 0.1) is 18.7 Å². The van der Waals surface area contributed by atoms with E-state index in [0.717, 1.165) is 5.56 Å². The zero-order chi connectivity index (χ0) is 89.1. The normalized spacial score (nSPS) is 13.2. The number of rotatable bonds is 54. The Hall–Kier alpha value is -14.4. The van der Waals surface area contributed by atoms with Gasteiger partial charge in [-0.3, -0.25) is 72.2 Å². The molecule has 4 rings (SSSR count). The number of ketones is 1. The quantitative estimate of drug-likeness (QED) is 0.0198. The zero-order valence-electron chi connectivity index (χ0n) is 63.0. The number of hydrogen-bond donors (Lipinski definition) is 23. The lowest BCUT2D eigenvalue weighted by Gasteiger charge is -2.19. The topological polar surface area (TPSA) is 765 Å². The monoisotopic (exact) mass is 1680 g/mol. The number of H-pyrrole nitrogens is 1. The van der Waals surface area contributed by atoms with Crippen LogP contribution in [0.5, 0.6) is 0 Å². The minimum absolute atomic E-state index is 0.0640. The maximum Gasteiger partial charge on any atom is 0.326 e. The number of nitrogens with one attached hydrogen (secondary N) is 12. The van der Waals surface area contributed by atoms with Gasteiger partial charge in [0.1, 0.15) is 59.9 Å². The van der Waals surface area contributed by atoms with Gasteiger partial charge in [0, 0.05) is 63.5 Å². The van der Waals surface area contributed by atoms with Crippen molar-refractivity contribution in [2.75, 3.05) is 17.2 Å². The first-order valence-electron chi connectivity index (χ1n) is 36.0. The summed E-state index contributed by atoms with van der Waals surface area (Å²) in [4.78, 5) is 271. The van der Waals surface area contributed by atoms with Crippen LogP contribution in [0.3, 0.4) is 0 Å². The zero-order valence-corrected chi connectivity index (χ0v) is 63.0. The Morgan fingerprint density at radius 1 is 0.395 bits per heavy atom. The number of aliphatic carboxylic acids is 10. The van der Waals surface area contributed by atoms with E-state index in [9.17, 15) is 151 Å². The van der Waals surface area contributed by atoms with Crippen LogP contribution in [0.2, 0.25) is 0 Å². The van der Waals surface area contributed by atoms with Crippen LogP contribution in [0.25, 0.3) is 22.0 Å². The summed E-state index contributed by atoms with van der Waals surface area (Å²) < 4.78 is 14.3. The fraction of sp³-hybridized carbons (Fsp3) is 0.431. The Bertz CT molecular complexity index is 4500. The van der Waals surface area contributed by atoms with E-state index in [1.165, 1.54) is 6.07 Å². The summed E-state index contributed by atoms with van der Waals surface area (Å²) in [5.74, 6) is -32.3. The molecule has 0 bridgehead atoms. The molecule has 11 amide bonds. The number of halogens is 1. The summed E-state index contributed by atoms with van der Waals surface area (Å²) in [7, 11) is 0. The molecular weight excluding hydrogens is 1590 g/mol. The van der Waals surface area contributed by atoms with Crippen molar-refractivity contribution in [3.05, 3.63) is 77.6 Å². The minimum atomic E-state index is -2.12. The molecular formula is C72H87FN14O32. The van der Waals surface area contributed by atoms with E-state index in [2.05, 4.69) is 31.5 Å². The fourth-order valence-corrected chi connectivity index (χ4v) is 11.1. The first-order valence-corrected chi connectivity index (χ1v) is 36.0. The Labute approximate surface area is 670 Å². The molecule has 9 atom stereocenters. The third kappa shape index (κ3) is 34.3. The predicted octanol–water partition coefficient (Wildman–Crippen LogP) is -2.83. The molecule has 0 radical (unpaired) electrons. The van der Waals surface area contributed by atoms with Crippen LogP contribution >= 0.6 is 0 Å². The number of nitrogens with two attached hydrogens (primary N) is 1. The van der Waals surface area contributed by atoms with Gasteiger partial charge in [0.2, 0.25) is 65.0 Å². The number of amides is 11. The van der Waals surface area contributed by atoms with E-state index in [0.29, 0.717) is 27.7 Å². The van der Waals surface area contributed by atoms with E-state index in [1.54, 1.807) is 61.5 Å². The molecule has 0 aliphatic rings. The molecule has 1 aromatic heterocycles. The number of benzene rings is 3. The van der Waals surface area contributed by atoms with Crippen molar-refractivity contribution in [2.24, 2.45) is 11.7 Å². The van der Waals surface area contributed by atoms with Crippen molar-refractivity contribution in [1.82, 2.24) is 58.0 Å². The standard InChI is InChI=1S/C72H87FN14O32/c1-32-5-11-39(73)34(27-32)28-58(97)76-35-8-6-33(7-9-35)37-3-2-4-41-60(37)61(87-86-41)85-59(98)31-75-57(96)30-40(74)62(99)84-49(72(118)119)19-26-56(95)83-48(71(116)117)18-25-55(94)82-47(70(114)115)17-24-54(93)81-46(69(112)113)16-23-53(92)80-45(68(110)111)15-22-52(91)79-44(67(108)109)14-21-51(90)78-43(66(106)107)13-20-50(89)77-42(65(104)105)12-10-36(88)29-38(63(100)101)64(102)103/h2-9,11,27,38,40,42-49H,10,12-26,28-31,74H2,1H3,(H,75,96)(H,76,97)(H,77,89)(H,78,90)(H,79,91)(H,80,92)(H,81,93)(H,82,94)(H,83,95)(H,84,99)(H,100,101)(H,102,103)(H,104,105)(H,106,107)(H,108,109)(H,110,111)(H,112,113)(H,114,115)(H,116,117)(H,118,119)(H2,85,86,87,98)/t40-,42-,43-,44-,45-,46-,47-,48-,49-/m0/s1. The van der Waals surface area contributed by atoms with Crippen LogP contribution in [0.15, 0.2) is 60.7 Å². The van der Waals surface area contributed by atoms with Crippen LogP contribution < -0.4 is 64.2 Å². The van der Waals surface area contributed by atoms with E-state index < -0.39 is 319 Å². The highest BCUT2D eigenvalue weighted by molar-refractivity contribution is 6.08. The van der Waals surface area contributed by atoms with Crippen molar-refractivity contribution in [3.8, 4) is 11.1 Å². The Morgan fingerprint density at radius 3 is 1.10 bits per heavy atom. The van der Waals surface area contributed by atoms with E-state index >= 15 is 0 Å². The number of carboxylic acid groups (broad SMARTS) is 10. The second-order valence-corrected chi connectivity index (χ2v) is 26.7. The number of carbonyl (C=O) groups excluding carboxylic acids is 12. The number of aromatic nitrogens is 2. The Morgan fingerprint density at radius 2 is 0.748 bits per heavy atom. The summed E-state index contributed by atoms with van der Waals surface area (Å²) >= 11 is 0. The van der Waals surface area contributed by atoms with Crippen LogP contribution in [-0.4, -0.2) is 253 Å². The maximum atomic E-state index is 14.3. The lowest BCUT2D eigenvalue weighted by atomic mass is 9.98. The number of carbonyl (C=O) groups is 22. The van der Waals surface area contributed by atoms with Gasteiger partial charge in [0.25, 0.3) is 0 Å². The second-order valence-electron chi connectivity index (χ2n) is 26.7. The molecule has 0 unspecified atom stereocenters. The molecule has 0 spiro atoms. The smallest absolute Gasteiger partial charge is 0.326 e. The molecule has 24 N–H and O–H groups in total. The van der Waals surface area contributed by atoms with Crippen molar-refractivity contribution >= 4 is 153 Å². The highest BCUT2D eigenvalue weighted by Crippen LogP contribution is 2.33. The summed E-state index contributed by atoms with van der Waals surface area (Å²) in [6.07, 6.45) is -13.8. The lowest BCUT2D eigenvalue weighted by Crippen LogP contribution is -2.50. The maximum absolute atomic E-state index is 14.3. The van der Waals surface area contributed by atoms with Crippen LogP contribution in [0.4, 0.5) is 15.9 Å². The minimum Gasteiger partial charge on any atom is -0.481 e. The third-order valence-corrected chi connectivity index (χ3v) is 17.5. The molecule has 1 heterocycles. The van der Waals surface area contributed by atoms with Gasteiger partial charge in [0.05, 0.1) is 36.3 Å². The third-order valence-electron chi connectivity index (χ3n) is 17.5. The van der Waals surface area contributed by atoms with Crippen molar-refractivity contribution in [3.63, 3.8) is 0 Å². The average Bonchev–Trinajstić information content (AvgIpc) is 1.59. The molecule has 644 valence electrons. The van der Waals surface area contributed by atoms with E-state index in [1.807, 2.05) is 37.2 Å². The molecule has 47 heteroatoms. The van der Waals surface area contributed by atoms with Crippen molar-refractivity contribution in [1.29, 1.82) is 0 Å². The summed E-state index contributed by atoms with van der Waals surface area (Å²) in [6, 6.07) is -0.380. The molecule has 0 fully saturated rings. The van der Waals surface area contributed by atoms with E-state index in [4.69, 9.17) is 15.9 Å².